The number of hydrogen-bond donors (Lipinski definition) is 1. The second-order valence-electron chi connectivity index (χ2n) is 4.25. The van der Waals surface area contributed by atoms with E-state index in [9.17, 15) is 0 Å². The van der Waals surface area contributed by atoms with E-state index in [1.54, 1.807) is 0 Å². The fourth-order valence-corrected chi connectivity index (χ4v) is 2.20. The Labute approximate surface area is 106 Å². The molecular formula is C13H17N3S. The Balaban J connectivity index is 2.63. The number of aromatic nitrogens is 3. The van der Waals surface area contributed by atoms with Gasteiger partial charge in [-0.15, -0.1) is 0 Å². The highest BCUT2D eigenvalue weighted by Gasteiger charge is 2.10. The molecule has 0 aliphatic rings. The van der Waals surface area contributed by atoms with Crippen LogP contribution in [-0.4, -0.2) is 14.8 Å². The molecule has 1 heterocycles. The van der Waals surface area contributed by atoms with Crippen LogP contribution in [0.15, 0.2) is 18.2 Å². The van der Waals surface area contributed by atoms with Crippen molar-refractivity contribution in [1.29, 1.82) is 0 Å². The number of aromatic amines is 1. The first-order chi connectivity index (χ1) is 8.15. The van der Waals surface area contributed by atoms with Crippen molar-refractivity contribution >= 4 is 12.2 Å². The normalized spacial score (nSPS) is 10.8. The maximum absolute atomic E-state index is 5.32. The van der Waals surface area contributed by atoms with Crippen LogP contribution in [0, 0.1) is 18.6 Å². The van der Waals surface area contributed by atoms with E-state index < -0.39 is 0 Å². The van der Waals surface area contributed by atoms with E-state index in [1.807, 2.05) is 4.57 Å². The molecule has 4 heteroatoms. The summed E-state index contributed by atoms with van der Waals surface area (Å²) in [6.07, 6.45) is 1.99. The molecule has 2 rings (SSSR count). The third-order valence-electron chi connectivity index (χ3n) is 3.03. The van der Waals surface area contributed by atoms with E-state index in [2.05, 4.69) is 49.2 Å². The highest BCUT2D eigenvalue weighted by atomic mass is 32.1. The molecular weight excluding hydrogens is 230 g/mol. The number of nitrogens with zero attached hydrogens (tertiary/aromatic N) is 2. The van der Waals surface area contributed by atoms with E-state index >= 15 is 0 Å². The number of aryl methyl sites for hydroxylation is 2. The van der Waals surface area contributed by atoms with Gasteiger partial charge in [0.1, 0.15) is 5.82 Å². The zero-order chi connectivity index (χ0) is 12.4. The minimum atomic E-state index is 0.669. The predicted octanol–water partition coefficient (Wildman–Crippen LogP) is 3.50. The fraction of sp³-hybridized carbons (Fsp3) is 0.385. The highest BCUT2D eigenvalue weighted by Crippen LogP contribution is 2.19. The van der Waals surface area contributed by atoms with Gasteiger partial charge in [0.2, 0.25) is 0 Å². The molecule has 0 bridgehead atoms. The quantitative estimate of drug-likeness (QED) is 0.842. The van der Waals surface area contributed by atoms with Crippen LogP contribution in [0.25, 0.3) is 5.69 Å². The van der Waals surface area contributed by atoms with Crippen molar-refractivity contribution in [3.8, 4) is 5.69 Å². The van der Waals surface area contributed by atoms with Crippen molar-refractivity contribution in [2.45, 2.75) is 33.6 Å². The fourth-order valence-electron chi connectivity index (χ4n) is 1.95. The maximum Gasteiger partial charge on any atom is 0.199 e. The lowest BCUT2D eigenvalue weighted by Crippen LogP contribution is -2.04. The van der Waals surface area contributed by atoms with Crippen LogP contribution >= 0.6 is 12.2 Å². The molecule has 0 radical (unpaired) electrons. The molecule has 0 aliphatic carbocycles. The topological polar surface area (TPSA) is 33.6 Å². The Morgan fingerprint density at radius 3 is 2.82 bits per heavy atom. The largest absolute Gasteiger partial charge is 0.272 e. The molecule has 1 aromatic carbocycles. The van der Waals surface area contributed by atoms with Gasteiger partial charge in [0.05, 0.1) is 5.69 Å². The second-order valence-corrected chi connectivity index (χ2v) is 4.64. The zero-order valence-corrected chi connectivity index (χ0v) is 11.3. The lowest BCUT2D eigenvalue weighted by molar-refractivity contribution is 0.799. The van der Waals surface area contributed by atoms with Gasteiger partial charge in [0.25, 0.3) is 0 Å². The minimum absolute atomic E-state index is 0.669. The highest BCUT2D eigenvalue weighted by molar-refractivity contribution is 7.71. The monoisotopic (exact) mass is 247 g/mol. The number of benzene rings is 1. The molecule has 3 nitrogen and oxygen atoms in total. The van der Waals surface area contributed by atoms with Crippen LogP contribution in [0.1, 0.15) is 30.3 Å². The van der Waals surface area contributed by atoms with Crippen molar-refractivity contribution in [3.63, 3.8) is 0 Å². The summed E-state index contributed by atoms with van der Waals surface area (Å²) in [4.78, 5) is 0. The smallest absolute Gasteiger partial charge is 0.199 e. The first-order valence-corrected chi connectivity index (χ1v) is 6.29. The zero-order valence-electron chi connectivity index (χ0n) is 10.4. The summed E-state index contributed by atoms with van der Waals surface area (Å²) in [6, 6.07) is 6.26. The van der Waals surface area contributed by atoms with Gasteiger partial charge in [0.15, 0.2) is 4.77 Å². The molecule has 0 unspecified atom stereocenters. The predicted molar refractivity (Wildman–Crippen MR) is 72.2 cm³/mol. The molecule has 0 saturated heterocycles. The maximum atomic E-state index is 5.32. The second kappa shape index (κ2) is 4.84. The molecule has 17 heavy (non-hydrogen) atoms. The van der Waals surface area contributed by atoms with Gasteiger partial charge in [0, 0.05) is 6.42 Å². The summed E-state index contributed by atoms with van der Waals surface area (Å²) in [5, 5.41) is 7.18. The molecule has 0 aliphatic heterocycles. The van der Waals surface area contributed by atoms with E-state index in [0.717, 1.165) is 24.4 Å². The Hall–Kier alpha value is -1.42. The molecule has 1 aromatic heterocycles. The number of hydrogen-bond acceptors (Lipinski definition) is 2. The summed E-state index contributed by atoms with van der Waals surface area (Å²) >= 11 is 5.32. The third kappa shape index (κ3) is 2.17. The lowest BCUT2D eigenvalue weighted by atomic mass is 10.1. The SMILES string of the molecule is CCCc1n[nH]c(=S)n1-c1cccc(C)c1C. The van der Waals surface area contributed by atoms with Crippen molar-refractivity contribution < 1.29 is 0 Å². The number of nitrogens with one attached hydrogen (secondary N) is 1. The van der Waals surface area contributed by atoms with Gasteiger partial charge in [-0.3, -0.25) is 9.67 Å². The minimum Gasteiger partial charge on any atom is -0.272 e. The van der Waals surface area contributed by atoms with Crippen molar-refractivity contribution in [2.24, 2.45) is 0 Å². The van der Waals surface area contributed by atoms with Crippen molar-refractivity contribution in [1.82, 2.24) is 14.8 Å². The summed E-state index contributed by atoms with van der Waals surface area (Å²) in [5.41, 5.74) is 3.66. The van der Waals surface area contributed by atoms with Gasteiger partial charge in [-0.25, -0.2) is 0 Å². The molecule has 2 aromatic rings. The molecule has 0 atom stereocenters. The summed E-state index contributed by atoms with van der Waals surface area (Å²) < 4.78 is 2.71. The molecule has 0 fully saturated rings. The van der Waals surface area contributed by atoms with Crippen molar-refractivity contribution in [3.05, 3.63) is 39.9 Å². The Morgan fingerprint density at radius 2 is 2.12 bits per heavy atom. The standard InChI is InChI=1S/C13H17N3S/c1-4-6-12-14-15-13(17)16(12)11-8-5-7-9(2)10(11)3/h5,7-8H,4,6H2,1-3H3,(H,15,17). The van der Waals surface area contributed by atoms with Crippen LogP contribution in [0.3, 0.4) is 0 Å². The Kier molecular flexibility index (Phi) is 3.43. The number of rotatable bonds is 3. The van der Waals surface area contributed by atoms with E-state index in [-0.39, 0.29) is 0 Å². The third-order valence-corrected chi connectivity index (χ3v) is 3.31. The first kappa shape index (κ1) is 12.0. The van der Waals surface area contributed by atoms with Gasteiger partial charge in [-0.05, 0) is 49.7 Å². The van der Waals surface area contributed by atoms with Crippen LogP contribution < -0.4 is 0 Å². The first-order valence-electron chi connectivity index (χ1n) is 5.88. The van der Waals surface area contributed by atoms with E-state index in [4.69, 9.17) is 12.2 Å². The molecule has 0 amide bonds. The molecule has 1 N–H and O–H groups in total. The summed E-state index contributed by atoms with van der Waals surface area (Å²) in [6.45, 7) is 6.38. The van der Waals surface area contributed by atoms with Crippen LogP contribution in [0.4, 0.5) is 0 Å². The molecule has 0 saturated carbocycles. The summed E-state index contributed by atoms with van der Waals surface area (Å²) in [7, 11) is 0. The number of H-pyrrole nitrogens is 1. The van der Waals surface area contributed by atoms with Crippen molar-refractivity contribution in [2.75, 3.05) is 0 Å². The molecule has 90 valence electrons. The van der Waals surface area contributed by atoms with Crippen LogP contribution in [0.2, 0.25) is 0 Å². The van der Waals surface area contributed by atoms with E-state index in [0.29, 0.717) is 4.77 Å². The van der Waals surface area contributed by atoms with E-state index in [1.165, 1.54) is 11.1 Å². The van der Waals surface area contributed by atoms with Crippen LogP contribution in [0.5, 0.6) is 0 Å². The molecule has 0 spiro atoms. The average Bonchev–Trinajstić information content (AvgIpc) is 2.65. The Morgan fingerprint density at radius 1 is 1.35 bits per heavy atom. The van der Waals surface area contributed by atoms with Gasteiger partial charge in [-0.1, -0.05) is 19.1 Å². The average molecular weight is 247 g/mol. The lowest BCUT2D eigenvalue weighted by Gasteiger charge is -2.11. The van der Waals surface area contributed by atoms with Gasteiger partial charge >= 0.3 is 0 Å². The van der Waals surface area contributed by atoms with Crippen LogP contribution in [-0.2, 0) is 6.42 Å². The Bertz CT molecular complexity index is 581. The summed E-state index contributed by atoms with van der Waals surface area (Å²) in [5.74, 6) is 1.01. The van der Waals surface area contributed by atoms with Gasteiger partial charge < -0.3 is 0 Å². The van der Waals surface area contributed by atoms with Gasteiger partial charge in [-0.2, -0.15) is 5.10 Å².